The fraction of sp³-hybridized carbons (Fsp3) is 0.784. The van der Waals surface area contributed by atoms with Crippen molar-refractivity contribution in [2.24, 2.45) is 0 Å². The molecule has 0 saturated carbocycles. The van der Waals surface area contributed by atoms with Gasteiger partial charge in [0.2, 0.25) is 0 Å². The van der Waals surface area contributed by atoms with Crippen molar-refractivity contribution < 1.29 is 19.1 Å². The van der Waals surface area contributed by atoms with Gasteiger partial charge in [0.25, 0.3) is 0 Å². The minimum absolute atomic E-state index is 0.128. The summed E-state index contributed by atoms with van der Waals surface area (Å²) in [7, 11) is 4.07. The average Bonchev–Trinajstić information content (AvgIpc) is 2.96. The Balaban J connectivity index is 2.30. The lowest BCUT2D eigenvalue weighted by Crippen LogP contribution is -2.12. The van der Waals surface area contributed by atoms with Gasteiger partial charge in [-0.3, -0.25) is 9.59 Å². The zero-order chi connectivity index (χ0) is 30.7. The molecule has 1 aromatic rings. The first-order valence-corrected chi connectivity index (χ1v) is 17.5. The van der Waals surface area contributed by atoms with Crippen molar-refractivity contribution in [2.75, 3.05) is 14.1 Å². The molecule has 0 spiro atoms. The first kappa shape index (κ1) is 38.1. The van der Waals surface area contributed by atoms with Crippen molar-refractivity contribution in [2.45, 2.75) is 175 Å². The van der Waals surface area contributed by atoms with Gasteiger partial charge in [0.15, 0.2) is 0 Å². The number of nitrogens with zero attached hydrogens (tertiary/aromatic N) is 1. The third kappa shape index (κ3) is 22.7. The largest absolute Gasteiger partial charge is 0.461 e. The van der Waals surface area contributed by atoms with Gasteiger partial charge < -0.3 is 14.4 Å². The highest BCUT2D eigenvalue weighted by Gasteiger charge is 2.09. The van der Waals surface area contributed by atoms with Crippen LogP contribution in [-0.2, 0) is 38.8 Å². The van der Waals surface area contributed by atoms with Crippen molar-refractivity contribution in [3.63, 3.8) is 0 Å². The molecule has 0 heterocycles. The molecule has 0 radical (unpaired) electrons. The summed E-state index contributed by atoms with van der Waals surface area (Å²) in [4.78, 5) is 26.8. The first-order chi connectivity index (χ1) is 20.4. The number of rotatable bonds is 28. The normalized spacial score (nSPS) is 11.3. The van der Waals surface area contributed by atoms with Gasteiger partial charge in [-0.2, -0.15) is 0 Å². The van der Waals surface area contributed by atoms with Gasteiger partial charge >= 0.3 is 11.9 Å². The van der Waals surface area contributed by atoms with Gasteiger partial charge in [0.05, 0.1) is 0 Å². The molecule has 0 aliphatic rings. The number of unbranched alkanes of at least 4 members (excludes halogenated alkanes) is 18. The van der Waals surface area contributed by atoms with Gasteiger partial charge in [0, 0.05) is 19.4 Å². The lowest BCUT2D eigenvalue weighted by Gasteiger charge is -2.14. The molecule has 0 unspecified atom stereocenters. The maximum Gasteiger partial charge on any atom is 0.306 e. The van der Waals surface area contributed by atoms with Crippen molar-refractivity contribution >= 4 is 11.9 Å². The number of benzene rings is 1. The molecule has 0 N–H and O–H groups in total. The van der Waals surface area contributed by atoms with Crippen LogP contribution in [0.25, 0.3) is 0 Å². The van der Waals surface area contributed by atoms with Gasteiger partial charge in [-0.15, -0.1) is 0 Å². The molecule has 0 aliphatic heterocycles. The van der Waals surface area contributed by atoms with Crippen molar-refractivity contribution in [1.82, 2.24) is 4.90 Å². The Kier molecular flexibility index (Phi) is 24.3. The molecule has 5 heteroatoms. The zero-order valence-corrected chi connectivity index (χ0v) is 28.0. The van der Waals surface area contributed by atoms with Crippen molar-refractivity contribution in [1.29, 1.82) is 0 Å². The lowest BCUT2D eigenvalue weighted by atomic mass is 10.1. The van der Waals surface area contributed by atoms with Gasteiger partial charge in [-0.1, -0.05) is 142 Å². The first-order valence-electron chi connectivity index (χ1n) is 17.5. The predicted octanol–water partition coefficient (Wildman–Crippen LogP) is 10.5. The Labute approximate surface area is 259 Å². The predicted molar refractivity (Wildman–Crippen MR) is 176 cm³/mol. The van der Waals surface area contributed by atoms with Crippen LogP contribution in [0.5, 0.6) is 0 Å². The fourth-order valence-electron chi connectivity index (χ4n) is 5.45. The van der Waals surface area contributed by atoms with Crippen LogP contribution in [0, 0.1) is 0 Å². The van der Waals surface area contributed by atoms with E-state index in [2.05, 4.69) is 30.9 Å². The van der Waals surface area contributed by atoms with E-state index in [1.807, 2.05) is 20.2 Å². The van der Waals surface area contributed by atoms with E-state index in [0.717, 1.165) is 48.9 Å². The number of hydrogen-bond donors (Lipinski definition) is 0. The van der Waals surface area contributed by atoms with Crippen LogP contribution < -0.4 is 0 Å². The summed E-state index contributed by atoms with van der Waals surface area (Å²) in [5, 5.41) is 0. The van der Waals surface area contributed by atoms with Gasteiger partial charge in [-0.05, 0) is 49.7 Å². The summed E-state index contributed by atoms with van der Waals surface area (Å²) in [6, 6.07) is 6.17. The lowest BCUT2D eigenvalue weighted by molar-refractivity contribution is -0.145. The molecular weight excluding hydrogens is 522 g/mol. The highest BCUT2D eigenvalue weighted by atomic mass is 16.5. The molecule has 5 nitrogen and oxygen atoms in total. The molecule has 0 amide bonds. The molecule has 242 valence electrons. The van der Waals surface area contributed by atoms with Crippen molar-refractivity contribution in [3.8, 4) is 0 Å². The summed E-state index contributed by atoms with van der Waals surface area (Å²) < 4.78 is 11.2. The molecule has 0 saturated heterocycles. The SMILES string of the molecule is CCCCCCCCCCCCC(=O)OCc1cc(COC(=O)CCCCCCCCCCCC)cc(CN(C)C)c1. The number of ether oxygens (including phenoxy) is 2. The molecular formula is C37H65NO4. The zero-order valence-electron chi connectivity index (χ0n) is 28.0. The minimum atomic E-state index is -0.128. The summed E-state index contributed by atoms with van der Waals surface area (Å²) >= 11 is 0. The molecule has 0 aliphatic carbocycles. The second-order valence-electron chi connectivity index (χ2n) is 12.6. The summed E-state index contributed by atoms with van der Waals surface area (Å²) in [6.45, 7) is 5.81. The number of esters is 2. The maximum atomic E-state index is 12.4. The van der Waals surface area contributed by atoms with E-state index in [0.29, 0.717) is 12.8 Å². The molecule has 1 rings (SSSR count). The Bertz CT molecular complexity index is 749. The third-order valence-corrected chi connectivity index (χ3v) is 7.88. The Morgan fingerprint density at radius 2 is 0.810 bits per heavy atom. The molecule has 0 bridgehead atoms. The number of hydrogen-bond acceptors (Lipinski definition) is 5. The van der Waals surface area contributed by atoms with E-state index >= 15 is 0 Å². The third-order valence-electron chi connectivity index (χ3n) is 7.88. The fourth-order valence-corrected chi connectivity index (χ4v) is 5.45. The van der Waals surface area contributed by atoms with Crippen LogP contribution in [0.1, 0.15) is 172 Å². The minimum Gasteiger partial charge on any atom is -0.461 e. The van der Waals surface area contributed by atoms with Crippen molar-refractivity contribution in [3.05, 3.63) is 34.9 Å². The van der Waals surface area contributed by atoms with Crippen LogP contribution >= 0.6 is 0 Å². The molecule has 0 atom stereocenters. The molecule has 0 fully saturated rings. The Morgan fingerprint density at radius 3 is 1.14 bits per heavy atom. The summed E-state index contributed by atoms with van der Waals surface area (Å²) in [5.74, 6) is -0.255. The Morgan fingerprint density at radius 1 is 0.500 bits per heavy atom. The second-order valence-corrected chi connectivity index (χ2v) is 12.6. The average molecular weight is 588 g/mol. The second kappa shape index (κ2) is 26.7. The topological polar surface area (TPSA) is 55.8 Å². The van der Waals surface area contributed by atoms with Crippen LogP contribution in [0.4, 0.5) is 0 Å². The van der Waals surface area contributed by atoms with E-state index < -0.39 is 0 Å². The quantitative estimate of drug-likeness (QED) is 0.0721. The van der Waals surface area contributed by atoms with E-state index in [-0.39, 0.29) is 25.2 Å². The van der Waals surface area contributed by atoms with Crippen LogP contribution in [0.2, 0.25) is 0 Å². The summed E-state index contributed by atoms with van der Waals surface area (Å²) in [5.41, 5.74) is 3.03. The van der Waals surface area contributed by atoms with Gasteiger partial charge in [-0.25, -0.2) is 0 Å². The highest BCUT2D eigenvalue weighted by molar-refractivity contribution is 5.69. The van der Waals surface area contributed by atoms with Gasteiger partial charge in [0.1, 0.15) is 13.2 Å². The smallest absolute Gasteiger partial charge is 0.306 e. The standard InChI is InChI=1S/C37H65NO4/c1-5-7-9-11-13-15-17-19-21-23-25-36(39)41-31-34-27-33(30-38(3)4)28-35(29-34)32-42-37(40)26-24-22-20-18-16-14-12-10-8-6-2/h27-29H,5-26,30-32H2,1-4H3. The van der Waals surface area contributed by atoms with E-state index in [9.17, 15) is 9.59 Å². The van der Waals surface area contributed by atoms with E-state index in [1.165, 1.54) is 103 Å². The van der Waals surface area contributed by atoms with Crippen LogP contribution in [0.15, 0.2) is 18.2 Å². The van der Waals surface area contributed by atoms with Crippen LogP contribution in [0.3, 0.4) is 0 Å². The molecule has 1 aromatic carbocycles. The maximum absolute atomic E-state index is 12.4. The van der Waals surface area contributed by atoms with E-state index in [4.69, 9.17) is 9.47 Å². The number of carbonyl (C=O) groups is 2. The highest BCUT2D eigenvalue weighted by Crippen LogP contribution is 2.17. The Hall–Kier alpha value is -1.88. The molecule has 42 heavy (non-hydrogen) atoms. The number of carbonyl (C=O) groups excluding carboxylic acids is 2. The monoisotopic (exact) mass is 587 g/mol. The van der Waals surface area contributed by atoms with E-state index in [1.54, 1.807) is 0 Å². The summed E-state index contributed by atoms with van der Waals surface area (Å²) in [6.07, 6.45) is 26.0. The molecule has 0 aromatic heterocycles. The van der Waals surface area contributed by atoms with Crippen LogP contribution in [-0.4, -0.2) is 30.9 Å².